The number of allylic oxidation sites excluding steroid dienone is 7. The summed E-state index contributed by atoms with van der Waals surface area (Å²) in [5.41, 5.74) is 0. The van der Waals surface area contributed by atoms with Crippen LogP contribution >= 0.6 is 0 Å². The molecule has 2 nitrogen and oxygen atoms in total. The zero-order valence-corrected chi connectivity index (χ0v) is 13.9. The maximum absolute atomic E-state index is 11.1. The fourth-order valence-corrected chi connectivity index (χ4v) is 2.29. The highest BCUT2D eigenvalue weighted by molar-refractivity contribution is 5.70. The fraction of sp³-hybridized carbons (Fsp3) is 0.550. The molecule has 1 aliphatic heterocycles. The van der Waals surface area contributed by atoms with Crippen molar-refractivity contribution in [3.8, 4) is 0 Å². The van der Waals surface area contributed by atoms with Gasteiger partial charge in [-0.15, -0.1) is 0 Å². The Morgan fingerprint density at radius 2 is 1.82 bits per heavy atom. The van der Waals surface area contributed by atoms with Crippen molar-refractivity contribution in [1.82, 2.24) is 0 Å². The Balaban J connectivity index is 2.03. The lowest BCUT2D eigenvalue weighted by molar-refractivity contribution is -0.150. The summed E-state index contributed by atoms with van der Waals surface area (Å²) in [4.78, 5) is 11.1. The first-order chi connectivity index (χ1) is 10.8. The predicted octanol–water partition coefficient (Wildman–Crippen LogP) is 5.67. The van der Waals surface area contributed by atoms with E-state index >= 15 is 0 Å². The van der Waals surface area contributed by atoms with Crippen molar-refractivity contribution in [3.05, 3.63) is 48.6 Å². The number of carbonyl (C=O) groups is 1. The van der Waals surface area contributed by atoms with Gasteiger partial charge in [-0.25, -0.2) is 0 Å². The van der Waals surface area contributed by atoms with Gasteiger partial charge < -0.3 is 4.74 Å². The second-order valence-corrected chi connectivity index (χ2v) is 5.64. The quantitative estimate of drug-likeness (QED) is 0.225. The third-order valence-electron chi connectivity index (χ3n) is 3.58. The minimum atomic E-state index is -0.0736. The monoisotopic (exact) mass is 302 g/mol. The van der Waals surface area contributed by atoms with Gasteiger partial charge in [0.25, 0.3) is 0 Å². The number of unbranched alkanes of at least 4 members (excludes halogenated alkanes) is 3. The molecule has 0 radical (unpaired) electrons. The Morgan fingerprint density at radius 3 is 2.59 bits per heavy atom. The second-order valence-electron chi connectivity index (χ2n) is 5.64. The number of ether oxygens (including phenoxy) is 1. The summed E-state index contributed by atoms with van der Waals surface area (Å²) in [6.07, 6.45) is 26.5. The number of hydrogen-bond donors (Lipinski definition) is 0. The van der Waals surface area contributed by atoms with E-state index in [0.717, 1.165) is 25.7 Å². The summed E-state index contributed by atoms with van der Waals surface area (Å²) in [7, 11) is 0. The Bertz CT molecular complexity index is 402. The van der Waals surface area contributed by atoms with Gasteiger partial charge in [-0.1, -0.05) is 62.3 Å². The average molecular weight is 302 g/mol. The SMILES string of the molecule is CCCCC/C=C\C/C=C/C/C=C\C=C\[C@@H]1CCCC(=O)O1. The summed E-state index contributed by atoms with van der Waals surface area (Å²) < 4.78 is 5.21. The lowest BCUT2D eigenvalue weighted by Gasteiger charge is -2.18. The second kappa shape index (κ2) is 13.1. The normalized spacial score (nSPS) is 19.9. The van der Waals surface area contributed by atoms with Crippen molar-refractivity contribution in [2.24, 2.45) is 0 Å². The zero-order chi connectivity index (χ0) is 15.9. The summed E-state index contributed by atoms with van der Waals surface area (Å²) in [5, 5.41) is 0. The summed E-state index contributed by atoms with van der Waals surface area (Å²) in [5.74, 6) is -0.0736. The zero-order valence-electron chi connectivity index (χ0n) is 13.9. The molecule has 1 heterocycles. The molecule has 1 aliphatic rings. The van der Waals surface area contributed by atoms with E-state index < -0.39 is 0 Å². The molecule has 0 spiro atoms. The van der Waals surface area contributed by atoms with Crippen LogP contribution in [0.2, 0.25) is 0 Å². The first-order valence-corrected chi connectivity index (χ1v) is 8.65. The molecule has 122 valence electrons. The van der Waals surface area contributed by atoms with Gasteiger partial charge in [-0.2, -0.15) is 0 Å². The Labute approximate surface area is 135 Å². The largest absolute Gasteiger partial charge is 0.458 e. The molecule has 0 N–H and O–H groups in total. The van der Waals surface area contributed by atoms with Crippen LogP contribution in [0.3, 0.4) is 0 Å². The van der Waals surface area contributed by atoms with E-state index in [2.05, 4.69) is 37.3 Å². The lowest BCUT2D eigenvalue weighted by Crippen LogP contribution is -2.21. The first-order valence-electron chi connectivity index (χ1n) is 8.65. The smallest absolute Gasteiger partial charge is 0.306 e. The number of carbonyl (C=O) groups excluding carboxylic acids is 1. The van der Waals surface area contributed by atoms with Crippen LogP contribution in [0.15, 0.2) is 48.6 Å². The number of rotatable bonds is 10. The van der Waals surface area contributed by atoms with Gasteiger partial charge in [0, 0.05) is 6.42 Å². The van der Waals surface area contributed by atoms with Gasteiger partial charge in [-0.3, -0.25) is 4.79 Å². The topological polar surface area (TPSA) is 26.3 Å². The Kier molecular flexibility index (Phi) is 11.0. The summed E-state index contributed by atoms with van der Waals surface area (Å²) in [6.45, 7) is 2.23. The molecule has 0 aromatic heterocycles. The van der Waals surface area contributed by atoms with Crippen molar-refractivity contribution < 1.29 is 9.53 Å². The molecular formula is C20H30O2. The van der Waals surface area contributed by atoms with Gasteiger partial charge >= 0.3 is 5.97 Å². The van der Waals surface area contributed by atoms with Crippen LogP contribution in [0.25, 0.3) is 0 Å². The molecule has 0 aromatic carbocycles. The molecule has 0 bridgehead atoms. The maximum atomic E-state index is 11.1. The van der Waals surface area contributed by atoms with Crippen molar-refractivity contribution in [1.29, 1.82) is 0 Å². The first kappa shape index (κ1) is 18.5. The minimum Gasteiger partial charge on any atom is -0.458 e. The minimum absolute atomic E-state index is 0.0284. The van der Waals surface area contributed by atoms with E-state index in [1.807, 2.05) is 18.2 Å². The van der Waals surface area contributed by atoms with Crippen molar-refractivity contribution in [2.75, 3.05) is 0 Å². The molecule has 0 unspecified atom stereocenters. The molecule has 0 aromatic rings. The van der Waals surface area contributed by atoms with Gasteiger partial charge in [-0.05, 0) is 44.6 Å². The van der Waals surface area contributed by atoms with Crippen LogP contribution < -0.4 is 0 Å². The maximum Gasteiger partial charge on any atom is 0.306 e. The summed E-state index contributed by atoms with van der Waals surface area (Å²) in [6, 6.07) is 0. The Hall–Kier alpha value is -1.57. The van der Waals surface area contributed by atoms with Crippen LogP contribution in [0, 0.1) is 0 Å². The van der Waals surface area contributed by atoms with Crippen LogP contribution in [0.4, 0.5) is 0 Å². The van der Waals surface area contributed by atoms with Crippen LogP contribution in [0.1, 0.15) is 64.7 Å². The molecule has 1 atom stereocenters. The van der Waals surface area contributed by atoms with Crippen LogP contribution in [-0.2, 0) is 9.53 Å². The van der Waals surface area contributed by atoms with Gasteiger partial charge in [0.2, 0.25) is 0 Å². The molecule has 1 saturated heterocycles. The molecule has 1 fully saturated rings. The third kappa shape index (κ3) is 10.2. The highest BCUT2D eigenvalue weighted by Crippen LogP contribution is 2.14. The highest BCUT2D eigenvalue weighted by atomic mass is 16.5. The standard InChI is InChI=1S/C20H30O2/c1-2-3-4-5-6-7-8-9-10-11-12-13-14-16-19-17-15-18-20(21)22-19/h6-7,9-10,12-14,16,19H,2-5,8,11,15,17-18H2,1H3/b7-6-,10-9+,13-12-,16-14+/t19-/m1/s1. The number of cyclic esters (lactones) is 1. The average Bonchev–Trinajstić information content (AvgIpc) is 2.52. The molecule has 0 saturated carbocycles. The molecule has 2 heteroatoms. The number of hydrogen-bond acceptors (Lipinski definition) is 2. The van der Waals surface area contributed by atoms with Crippen molar-refractivity contribution >= 4 is 5.97 Å². The fourth-order valence-electron chi connectivity index (χ4n) is 2.29. The van der Waals surface area contributed by atoms with Crippen LogP contribution in [0.5, 0.6) is 0 Å². The van der Waals surface area contributed by atoms with E-state index in [4.69, 9.17) is 4.74 Å². The third-order valence-corrected chi connectivity index (χ3v) is 3.58. The van der Waals surface area contributed by atoms with Crippen molar-refractivity contribution in [3.63, 3.8) is 0 Å². The van der Waals surface area contributed by atoms with Crippen LogP contribution in [-0.4, -0.2) is 12.1 Å². The van der Waals surface area contributed by atoms with E-state index in [1.165, 1.54) is 25.7 Å². The molecule has 22 heavy (non-hydrogen) atoms. The van der Waals surface area contributed by atoms with E-state index in [-0.39, 0.29) is 12.1 Å². The Morgan fingerprint density at radius 1 is 1.05 bits per heavy atom. The van der Waals surface area contributed by atoms with Gasteiger partial charge in [0.15, 0.2) is 0 Å². The van der Waals surface area contributed by atoms with E-state index in [0.29, 0.717) is 6.42 Å². The molecular weight excluding hydrogens is 272 g/mol. The highest BCUT2D eigenvalue weighted by Gasteiger charge is 2.16. The molecule has 0 aliphatic carbocycles. The van der Waals surface area contributed by atoms with Crippen molar-refractivity contribution in [2.45, 2.75) is 70.8 Å². The number of esters is 1. The predicted molar refractivity (Wildman–Crippen MR) is 93.7 cm³/mol. The molecule has 1 rings (SSSR count). The molecule has 0 amide bonds. The van der Waals surface area contributed by atoms with Gasteiger partial charge in [0.1, 0.15) is 6.10 Å². The lowest BCUT2D eigenvalue weighted by atomic mass is 10.1. The van der Waals surface area contributed by atoms with Gasteiger partial charge in [0.05, 0.1) is 0 Å². The summed E-state index contributed by atoms with van der Waals surface area (Å²) >= 11 is 0. The van der Waals surface area contributed by atoms with E-state index in [1.54, 1.807) is 0 Å². The van der Waals surface area contributed by atoms with E-state index in [9.17, 15) is 4.79 Å².